The fourth-order valence-electron chi connectivity index (χ4n) is 3.09. The number of carbonyl (C=O) groups is 1. The maximum absolute atomic E-state index is 10.4. The van der Waals surface area contributed by atoms with Gasteiger partial charge in [0.25, 0.3) is 0 Å². The summed E-state index contributed by atoms with van der Waals surface area (Å²) in [5.41, 5.74) is 6.64. The van der Waals surface area contributed by atoms with Crippen LogP contribution in [0.4, 0.5) is 0 Å². The van der Waals surface area contributed by atoms with Crippen molar-refractivity contribution in [3.05, 3.63) is 65.2 Å². The van der Waals surface area contributed by atoms with E-state index in [1.807, 2.05) is 12.2 Å². The van der Waals surface area contributed by atoms with Gasteiger partial charge < -0.3 is 4.79 Å². The van der Waals surface area contributed by atoms with Crippen LogP contribution in [-0.4, -0.2) is 6.29 Å². The first-order valence-electron chi connectivity index (χ1n) is 6.99. The Labute approximate surface area is 120 Å². The summed E-state index contributed by atoms with van der Waals surface area (Å²) < 4.78 is 0. The molecule has 1 aliphatic carbocycles. The van der Waals surface area contributed by atoms with Crippen LogP contribution in [0.5, 0.6) is 0 Å². The first-order valence-corrected chi connectivity index (χ1v) is 6.99. The Morgan fingerprint density at radius 1 is 1.00 bits per heavy atom. The predicted molar refractivity (Wildman–Crippen MR) is 83.7 cm³/mol. The van der Waals surface area contributed by atoms with Crippen molar-refractivity contribution in [1.82, 2.24) is 0 Å². The predicted octanol–water partition coefficient (Wildman–Crippen LogP) is 4.60. The molecular weight excluding hydrogens is 244 g/mol. The van der Waals surface area contributed by atoms with Crippen molar-refractivity contribution >= 4 is 12.4 Å². The van der Waals surface area contributed by atoms with E-state index < -0.39 is 0 Å². The van der Waals surface area contributed by atoms with Crippen molar-refractivity contribution in [2.45, 2.75) is 25.7 Å². The molecule has 0 aromatic heterocycles. The van der Waals surface area contributed by atoms with Crippen LogP contribution < -0.4 is 0 Å². The van der Waals surface area contributed by atoms with Crippen molar-refractivity contribution < 1.29 is 4.79 Å². The number of benzene rings is 2. The van der Waals surface area contributed by atoms with Crippen molar-refractivity contribution in [3.8, 4) is 11.1 Å². The zero-order chi connectivity index (χ0) is 14.2. The van der Waals surface area contributed by atoms with Gasteiger partial charge in [0, 0.05) is 11.8 Å². The highest BCUT2D eigenvalue weighted by Crippen LogP contribution is 2.48. The third-order valence-corrected chi connectivity index (χ3v) is 4.15. The second-order valence-electron chi connectivity index (χ2n) is 5.78. The van der Waals surface area contributed by atoms with E-state index in [2.05, 4.69) is 56.3 Å². The summed E-state index contributed by atoms with van der Waals surface area (Å²) in [5, 5.41) is 0. The van der Waals surface area contributed by atoms with E-state index in [9.17, 15) is 4.79 Å². The van der Waals surface area contributed by atoms with Gasteiger partial charge >= 0.3 is 0 Å². The van der Waals surface area contributed by atoms with E-state index in [0.717, 1.165) is 11.8 Å². The van der Waals surface area contributed by atoms with Crippen LogP contribution in [0.25, 0.3) is 17.2 Å². The van der Waals surface area contributed by atoms with Crippen molar-refractivity contribution in [2.75, 3.05) is 0 Å². The number of allylic oxidation sites excluding steroid dienone is 1. The number of hydrogen-bond acceptors (Lipinski definition) is 1. The highest BCUT2D eigenvalue weighted by atomic mass is 16.1. The molecule has 1 heteroatoms. The van der Waals surface area contributed by atoms with Crippen molar-refractivity contribution in [3.63, 3.8) is 0 Å². The molecule has 0 fully saturated rings. The van der Waals surface area contributed by atoms with E-state index in [1.165, 1.54) is 22.3 Å². The average Bonchev–Trinajstić information content (AvgIpc) is 2.69. The summed E-state index contributed by atoms with van der Waals surface area (Å²) >= 11 is 0. The molecule has 1 nitrogen and oxygen atoms in total. The average molecular weight is 262 g/mol. The van der Waals surface area contributed by atoms with Crippen molar-refractivity contribution in [2.24, 2.45) is 0 Å². The van der Waals surface area contributed by atoms with Gasteiger partial charge in [-0.3, -0.25) is 0 Å². The standard InChI is InChI=1S/C19H18O/c1-19(2)17-9-4-3-8-15(17)16-11-10-14(13-18(16)19)7-5-6-12-20/h3-5,7-13H,6H2,1-2H3. The van der Waals surface area contributed by atoms with Crippen LogP contribution in [0.2, 0.25) is 0 Å². The Balaban J connectivity index is 2.10. The van der Waals surface area contributed by atoms with Gasteiger partial charge in [0.2, 0.25) is 0 Å². The van der Waals surface area contributed by atoms with E-state index in [0.29, 0.717) is 6.42 Å². The third-order valence-electron chi connectivity index (χ3n) is 4.15. The Bertz CT molecular complexity index is 693. The van der Waals surface area contributed by atoms with E-state index in [-0.39, 0.29) is 5.41 Å². The topological polar surface area (TPSA) is 17.1 Å². The molecule has 2 aromatic carbocycles. The molecule has 0 N–H and O–H groups in total. The van der Waals surface area contributed by atoms with Gasteiger partial charge in [-0.1, -0.05) is 68.5 Å². The lowest BCUT2D eigenvalue weighted by atomic mass is 9.82. The first kappa shape index (κ1) is 12.9. The minimum Gasteiger partial charge on any atom is -0.303 e. The molecular formula is C19H18O. The molecule has 0 saturated carbocycles. The SMILES string of the molecule is CC1(C)c2ccccc2-c2ccc(C=CCC=O)cc21. The minimum absolute atomic E-state index is 0.0421. The molecule has 3 rings (SSSR count). The Morgan fingerprint density at radius 2 is 1.75 bits per heavy atom. The molecule has 0 aliphatic heterocycles. The summed E-state index contributed by atoms with van der Waals surface area (Å²) in [5.74, 6) is 0. The molecule has 1 aliphatic rings. The van der Waals surface area contributed by atoms with Gasteiger partial charge in [-0.25, -0.2) is 0 Å². The van der Waals surface area contributed by atoms with Gasteiger partial charge in [-0.05, 0) is 27.8 Å². The summed E-state index contributed by atoms with van der Waals surface area (Å²) in [7, 11) is 0. The molecule has 2 aromatic rings. The summed E-state index contributed by atoms with van der Waals surface area (Å²) in [6.45, 7) is 4.55. The fourth-order valence-corrected chi connectivity index (χ4v) is 3.09. The van der Waals surface area contributed by atoms with Crippen LogP contribution in [0, 0.1) is 0 Å². The summed E-state index contributed by atoms with van der Waals surface area (Å²) in [4.78, 5) is 10.4. The lowest BCUT2D eigenvalue weighted by Gasteiger charge is -2.21. The maximum Gasteiger partial charge on any atom is 0.123 e. The monoisotopic (exact) mass is 262 g/mol. The van der Waals surface area contributed by atoms with Crippen LogP contribution in [0.3, 0.4) is 0 Å². The second kappa shape index (κ2) is 4.75. The zero-order valence-electron chi connectivity index (χ0n) is 11.9. The molecule has 0 atom stereocenters. The van der Waals surface area contributed by atoms with Gasteiger partial charge in [0.15, 0.2) is 0 Å². The Hall–Kier alpha value is -2.15. The molecule has 0 radical (unpaired) electrons. The first-order chi connectivity index (χ1) is 9.64. The smallest absolute Gasteiger partial charge is 0.123 e. The van der Waals surface area contributed by atoms with Crippen LogP contribution >= 0.6 is 0 Å². The molecule has 0 bridgehead atoms. The van der Waals surface area contributed by atoms with E-state index in [4.69, 9.17) is 0 Å². The molecule has 20 heavy (non-hydrogen) atoms. The van der Waals surface area contributed by atoms with Gasteiger partial charge in [-0.2, -0.15) is 0 Å². The number of hydrogen-bond donors (Lipinski definition) is 0. The van der Waals surface area contributed by atoms with E-state index in [1.54, 1.807) is 0 Å². The van der Waals surface area contributed by atoms with Gasteiger partial charge in [0.05, 0.1) is 0 Å². The lowest BCUT2D eigenvalue weighted by Crippen LogP contribution is -2.14. The normalized spacial score (nSPS) is 15.1. The largest absolute Gasteiger partial charge is 0.303 e. The summed E-state index contributed by atoms with van der Waals surface area (Å²) in [6.07, 6.45) is 5.32. The Morgan fingerprint density at radius 3 is 2.55 bits per heavy atom. The molecule has 100 valence electrons. The quantitative estimate of drug-likeness (QED) is 0.739. The van der Waals surface area contributed by atoms with Crippen molar-refractivity contribution in [1.29, 1.82) is 0 Å². The Kier molecular flexibility index (Phi) is 3.06. The number of fused-ring (bicyclic) bond motifs is 3. The highest BCUT2D eigenvalue weighted by molar-refractivity contribution is 5.81. The number of aldehydes is 1. The molecule has 0 unspecified atom stereocenters. The lowest BCUT2D eigenvalue weighted by molar-refractivity contribution is -0.107. The van der Waals surface area contributed by atoms with Crippen LogP contribution in [-0.2, 0) is 10.2 Å². The molecule has 0 amide bonds. The zero-order valence-corrected chi connectivity index (χ0v) is 11.9. The van der Waals surface area contributed by atoms with Gasteiger partial charge in [-0.15, -0.1) is 0 Å². The van der Waals surface area contributed by atoms with Crippen LogP contribution in [0.1, 0.15) is 37.0 Å². The van der Waals surface area contributed by atoms with Crippen LogP contribution in [0.15, 0.2) is 48.5 Å². The highest BCUT2D eigenvalue weighted by Gasteiger charge is 2.34. The molecule has 0 heterocycles. The second-order valence-corrected chi connectivity index (χ2v) is 5.78. The van der Waals surface area contributed by atoms with Gasteiger partial charge in [0.1, 0.15) is 6.29 Å². The number of rotatable bonds is 3. The summed E-state index contributed by atoms with van der Waals surface area (Å²) in [6, 6.07) is 15.2. The number of carbonyl (C=O) groups excluding carboxylic acids is 1. The third kappa shape index (κ3) is 1.90. The molecule has 0 saturated heterocycles. The van der Waals surface area contributed by atoms with E-state index >= 15 is 0 Å². The fraction of sp³-hybridized carbons (Fsp3) is 0.211. The molecule has 0 spiro atoms. The minimum atomic E-state index is 0.0421. The maximum atomic E-state index is 10.4.